The van der Waals surface area contributed by atoms with Crippen LogP contribution in [0.15, 0.2) is 41.1 Å². The Bertz CT molecular complexity index is 720. The number of nitrogens with zero attached hydrogens (tertiary/aromatic N) is 1. The minimum Gasteiger partial charge on any atom is -0.496 e. The normalized spacial score (nSPS) is 15.9. The summed E-state index contributed by atoms with van der Waals surface area (Å²) in [6, 6.07) is 7.32. The molecular weight excluding hydrogens is 322 g/mol. The van der Waals surface area contributed by atoms with Gasteiger partial charge in [-0.2, -0.15) is 0 Å². The molecule has 1 aliphatic heterocycles. The molecule has 25 heavy (non-hydrogen) atoms. The van der Waals surface area contributed by atoms with Gasteiger partial charge < -0.3 is 19.1 Å². The number of benzene rings is 1. The van der Waals surface area contributed by atoms with Crippen LogP contribution in [0.25, 0.3) is 6.08 Å². The fraction of sp³-hybridized carbons (Fsp3) is 0.368. The Morgan fingerprint density at radius 2 is 1.96 bits per heavy atom. The van der Waals surface area contributed by atoms with Crippen molar-refractivity contribution in [1.82, 2.24) is 4.90 Å². The van der Waals surface area contributed by atoms with Crippen molar-refractivity contribution < 1.29 is 23.8 Å². The topological polar surface area (TPSA) is 65.1 Å². The third kappa shape index (κ3) is 3.91. The zero-order valence-corrected chi connectivity index (χ0v) is 15.0. The van der Waals surface area contributed by atoms with E-state index in [0.29, 0.717) is 30.2 Å². The van der Waals surface area contributed by atoms with E-state index in [-0.39, 0.29) is 18.1 Å². The van der Waals surface area contributed by atoms with Gasteiger partial charge in [-0.15, -0.1) is 0 Å². The SMILES string of the molecule is CCOC(=O)C1=C(C)N(CCOC)C(=O)C1=Cc1ccccc1OC. The average Bonchev–Trinajstić information content (AvgIpc) is 2.84. The van der Waals surface area contributed by atoms with Crippen LogP contribution in [-0.4, -0.2) is 50.8 Å². The lowest BCUT2D eigenvalue weighted by atomic mass is 10.0. The van der Waals surface area contributed by atoms with Crippen LogP contribution in [0.1, 0.15) is 19.4 Å². The molecule has 0 bridgehead atoms. The van der Waals surface area contributed by atoms with Gasteiger partial charge >= 0.3 is 5.97 Å². The highest BCUT2D eigenvalue weighted by atomic mass is 16.5. The van der Waals surface area contributed by atoms with Crippen LogP contribution in [-0.2, 0) is 19.1 Å². The second kappa shape index (κ2) is 8.48. The van der Waals surface area contributed by atoms with Gasteiger partial charge in [0, 0.05) is 24.9 Å². The minimum atomic E-state index is -0.505. The summed E-state index contributed by atoms with van der Waals surface area (Å²) >= 11 is 0. The summed E-state index contributed by atoms with van der Waals surface area (Å²) in [4.78, 5) is 26.8. The molecule has 6 heteroatoms. The van der Waals surface area contributed by atoms with Crippen LogP contribution >= 0.6 is 0 Å². The summed E-state index contributed by atoms with van der Waals surface area (Å²) in [6.07, 6.45) is 1.67. The van der Waals surface area contributed by atoms with Crippen molar-refractivity contribution in [2.24, 2.45) is 0 Å². The second-order valence-electron chi connectivity index (χ2n) is 5.43. The lowest BCUT2D eigenvalue weighted by Crippen LogP contribution is -2.28. The van der Waals surface area contributed by atoms with Crippen molar-refractivity contribution in [2.75, 3.05) is 34.0 Å². The molecule has 0 saturated carbocycles. The molecule has 0 spiro atoms. The van der Waals surface area contributed by atoms with Crippen LogP contribution in [0.5, 0.6) is 5.75 Å². The van der Waals surface area contributed by atoms with E-state index in [9.17, 15) is 9.59 Å². The van der Waals surface area contributed by atoms with Gasteiger partial charge in [-0.1, -0.05) is 18.2 Å². The fourth-order valence-corrected chi connectivity index (χ4v) is 2.72. The van der Waals surface area contributed by atoms with Crippen molar-refractivity contribution in [3.8, 4) is 5.75 Å². The number of carbonyl (C=O) groups excluding carboxylic acids is 2. The van der Waals surface area contributed by atoms with Gasteiger partial charge in [0.05, 0.1) is 31.5 Å². The van der Waals surface area contributed by atoms with Gasteiger partial charge in [0.2, 0.25) is 0 Å². The average molecular weight is 345 g/mol. The zero-order valence-electron chi connectivity index (χ0n) is 15.0. The predicted molar refractivity (Wildman–Crippen MR) is 93.9 cm³/mol. The third-order valence-electron chi connectivity index (χ3n) is 3.95. The van der Waals surface area contributed by atoms with E-state index in [2.05, 4.69) is 0 Å². The first-order valence-electron chi connectivity index (χ1n) is 8.09. The molecule has 134 valence electrons. The number of esters is 1. The largest absolute Gasteiger partial charge is 0.496 e. The van der Waals surface area contributed by atoms with E-state index in [4.69, 9.17) is 14.2 Å². The number of hydrogen-bond donors (Lipinski definition) is 0. The predicted octanol–water partition coefficient (Wildman–Crippen LogP) is 2.40. The molecule has 0 aromatic heterocycles. The van der Waals surface area contributed by atoms with Gasteiger partial charge in [-0.3, -0.25) is 4.79 Å². The van der Waals surface area contributed by atoms with Gasteiger partial charge in [-0.05, 0) is 26.0 Å². The van der Waals surface area contributed by atoms with Crippen LogP contribution in [0.2, 0.25) is 0 Å². The van der Waals surface area contributed by atoms with Crippen LogP contribution in [0.4, 0.5) is 0 Å². The lowest BCUT2D eigenvalue weighted by molar-refractivity contribution is -0.138. The quantitative estimate of drug-likeness (QED) is 0.561. The van der Waals surface area contributed by atoms with Crippen LogP contribution < -0.4 is 4.74 Å². The molecule has 6 nitrogen and oxygen atoms in total. The number of methoxy groups -OCH3 is 2. The van der Waals surface area contributed by atoms with Crippen molar-refractivity contribution in [1.29, 1.82) is 0 Å². The second-order valence-corrected chi connectivity index (χ2v) is 5.43. The smallest absolute Gasteiger partial charge is 0.340 e. The minimum absolute atomic E-state index is 0.240. The van der Waals surface area contributed by atoms with Crippen LogP contribution in [0, 0.1) is 0 Å². The number of rotatable bonds is 7. The van der Waals surface area contributed by atoms with E-state index in [1.807, 2.05) is 18.2 Å². The number of hydrogen-bond acceptors (Lipinski definition) is 5. The van der Waals surface area contributed by atoms with Crippen molar-refractivity contribution in [3.05, 3.63) is 46.7 Å². The molecule has 0 radical (unpaired) electrons. The Kier molecular flexibility index (Phi) is 6.36. The first-order chi connectivity index (χ1) is 12.0. The van der Waals surface area contributed by atoms with Gasteiger partial charge in [0.25, 0.3) is 5.91 Å². The summed E-state index contributed by atoms with van der Waals surface area (Å²) in [5, 5.41) is 0. The summed E-state index contributed by atoms with van der Waals surface area (Å²) in [5.41, 5.74) is 1.88. The van der Waals surface area contributed by atoms with Gasteiger partial charge in [0.15, 0.2) is 0 Å². The molecule has 1 amide bonds. The summed E-state index contributed by atoms with van der Waals surface area (Å²) in [5.74, 6) is -0.128. The van der Waals surface area contributed by atoms with E-state index in [1.165, 1.54) is 4.90 Å². The van der Waals surface area contributed by atoms with Gasteiger partial charge in [-0.25, -0.2) is 4.79 Å². The number of ether oxygens (including phenoxy) is 3. The molecule has 0 aliphatic carbocycles. The summed E-state index contributed by atoms with van der Waals surface area (Å²) < 4.78 is 15.5. The highest BCUT2D eigenvalue weighted by molar-refractivity contribution is 6.16. The molecule has 0 atom stereocenters. The number of amides is 1. The first-order valence-corrected chi connectivity index (χ1v) is 8.09. The fourth-order valence-electron chi connectivity index (χ4n) is 2.72. The Hall–Kier alpha value is -2.60. The summed E-state index contributed by atoms with van der Waals surface area (Å²) in [7, 11) is 3.13. The van der Waals surface area contributed by atoms with E-state index >= 15 is 0 Å². The highest BCUT2D eigenvalue weighted by Crippen LogP contribution is 2.33. The Labute approximate surface area is 147 Å². The molecule has 0 saturated heterocycles. The van der Waals surface area contributed by atoms with Crippen molar-refractivity contribution in [2.45, 2.75) is 13.8 Å². The molecule has 1 aromatic carbocycles. The van der Waals surface area contributed by atoms with E-state index < -0.39 is 5.97 Å². The zero-order chi connectivity index (χ0) is 18.4. The lowest BCUT2D eigenvalue weighted by Gasteiger charge is -2.16. The highest BCUT2D eigenvalue weighted by Gasteiger charge is 2.37. The molecule has 0 fully saturated rings. The van der Waals surface area contributed by atoms with E-state index in [0.717, 1.165) is 5.56 Å². The maximum absolute atomic E-state index is 12.9. The molecule has 0 N–H and O–H groups in total. The maximum atomic E-state index is 12.9. The molecule has 1 heterocycles. The summed E-state index contributed by atoms with van der Waals surface area (Å²) in [6.45, 7) is 4.46. The van der Waals surface area contributed by atoms with Crippen molar-refractivity contribution >= 4 is 18.0 Å². The standard InChI is InChI=1S/C19H23NO5/c1-5-25-19(22)17-13(2)20(10-11-23-3)18(21)15(17)12-14-8-6-7-9-16(14)24-4/h6-9,12H,5,10-11H2,1-4H3. The monoisotopic (exact) mass is 345 g/mol. The van der Waals surface area contributed by atoms with Crippen LogP contribution in [0.3, 0.4) is 0 Å². The first kappa shape index (κ1) is 18.7. The molecule has 2 rings (SSSR count). The van der Waals surface area contributed by atoms with E-state index in [1.54, 1.807) is 40.2 Å². The number of para-hydroxylation sites is 1. The molecule has 1 aliphatic rings. The van der Waals surface area contributed by atoms with Gasteiger partial charge in [0.1, 0.15) is 5.75 Å². The third-order valence-corrected chi connectivity index (χ3v) is 3.95. The maximum Gasteiger partial charge on any atom is 0.340 e. The van der Waals surface area contributed by atoms with Crippen molar-refractivity contribution in [3.63, 3.8) is 0 Å². The molecular formula is C19H23NO5. The molecule has 0 unspecified atom stereocenters. The Morgan fingerprint density at radius 3 is 2.60 bits per heavy atom. The number of allylic oxidation sites excluding steroid dienone is 1. The molecule has 1 aromatic rings. The Balaban J connectivity index is 2.51. The Morgan fingerprint density at radius 1 is 1.24 bits per heavy atom. The number of carbonyl (C=O) groups is 2.